The van der Waals surface area contributed by atoms with Crippen LogP contribution in [-0.4, -0.2) is 60.5 Å². The van der Waals surface area contributed by atoms with Gasteiger partial charge in [-0.15, -0.1) is 0 Å². The first-order valence-corrected chi connectivity index (χ1v) is 11.1. The summed E-state index contributed by atoms with van der Waals surface area (Å²) in [6, 6.07) is 15.7. The van der Waals surface area contributed by atoms with Crippen LogP contribution in [0, 0.1) is 0 Å². The summed E-state index contributed by atoms with van der Waals surface area (Å²) in [5.74, 6) is 1.46. The number of amides is 1. The van der Waals surface area contributed by atoms with Gasteiger partial charge < -0.3 is 14.5 Å². The van der Waals surface area contributed by atoms with Gasteiger partial charge in [0.2, 0.25) is 11.8 Å². The molecule has 1 amide bonds. The highest BCUT2D eigenvalue weighted by molar-refractivity contribution is 5.93. The molecule has 0 bridgehead atoms. The predicted molar refractivity (Wildman–Crippen MR) is 125 cm³/mol. The summed E-state index contributed by atoms with van der Waals surface area (Å²) in [6.45, 7) is 6.74. The molecule has 32 heavy (non-hydrogen) atoms. The minimum atomic E-state index is 0.0417. The fourth-order valence-electron chi connectivity index (χ4n) is 3.92. The van der Waals surface area contributed by atoms with E-state index in [-0.39, 0.29) is 5.91 Å². The molecule has 1 aliphatic rings. The van der Waals surface area contributed by atoms with Crippen LogP contribution in [-0.2, 0) is 17.8 Å². The Morgan fingerprint density at radius 1 is 1.06 bits per heavy atom. The number of carbonyl (C=O) groups is 1. The van der Waals surface area contributed by atoms with E-state index in [2.05, 4.69) is 33.1 Å². The first kappa shape index (κ1) is 22.0. The number of hydrogen-bond acceptors (Lipinski definition) is 6. The molecule has 0 unspecified atom stereocenters. The van der Waals surface area contributed by atoms with E-state index in [1.54, 1.807) is 13.4 Å². The second-order valence-corrected chi connectivity index (χ2v) is 7.98. The summed E-state index contributed by atoms with van der Waals surface area (Å²) in [7, 11) is 1.65. The molecule has 2 aromatic carbocycles. The van der Waals surface area contributed by atoms with Gasteiger partial charge in [-0.1, -0.05) is 25.1 Å². The molecular weight excluding hydrogens is 404 g/mol. The normalized spacial score (nSPS) is 14.9. The van der Waals surface area contributed by atoms with Crippen LogP contribution < -0.4 is 10.1 Å². The Labute approximate surface area is 189 Å². The van der Waals surface area contributed by atoms with Gasteiger partial charge >= 0.3 is 0 Å². The van der Waals surface area contributed by atoms with Crippen molar-refractivity contribution in [3.05, 3.63) is 66.1 Å². The molecule has 0 spiro atoms. The highest BCUT2D eigenvalue weighted by Crippen LogP contribution is 2.22. The minimum Gasteiger partial charge on any atom is -0.497 e. The topological polar surface area (TPSA) is 70.8 Å². The Kier molecular flexibility index (Phi) is 7.19. The average molecular weight is 435 g/mol. The van der Waals surface area contributed by atoms with Crippen molar-refractivity contribution in [1.29, 1.82) is 0 Å². The second kappa shape index (κ2) is 10.4. The lowest BCUT2D eigenvalue weighted by atomic mass is 10.1. The average Bonchev–Trinajstić information content (AvgIpc) is 3.29. The lowest BCUT2D eigenvalue weighted by molar-refractivity contribution is -0.117. The zero-order valence-electron chi connectivity index (χ0n) is 18.7. The zero-order chi connectivity index (χ0) is 22.3. The van der Waals surface area contributed by atoms with Crippen molar-refractivity contribution in [3.63, 3.8) is 0 Å². The van der Waals surface area contributed by atoms with Gasteiger partial charge in [-0.25, -0.2) is 4.98 Å². The molecule has 7 nitrogen and oxygen atoms in total. The van der Waals surface area contributed by atoms with Gasteiger partial charge in [0, 0.05) is 44.0 Å². The third-order valence-electron chi connectivity index (χ3n) is 5.78. The summed E-state index contributed by atoms with van der Waals surface area (Å²) in [6.07, 6.45) is 2.63. The third kappa shape index (κ3) is 5.55. The number of ether oxygens (including phenoxy) is 1. The van der Waals surface area contributed by atoms with Gasteiger partial charge in [-0.3, -0.25) is 14.6 Å². The Hall–Kier alpha value is -3.16. The van der Waals surface area contributed by atoms with Crippen LogP contribution in [0.2, 0.25) is 0 Å². The Balaban J connectivity index is 1.24. The molecule has 1 aliphatic heterocycles. The molecular formula is C25H30N4O3. The number of piperazine rings is 1. The summed E-state index contributed by atoms with van der Waals surface area (Å²) < 4.78 is 10.9. The molecule has 0 saturated carbocycles. The molecule has 7 heteroatoms. The molecule has 0 atom stereocenters. The van der Waals surface area contributed by atoms with Crippen molar-refractivity contribution in [2.45, 2.75) is 19.9 Å². The van der Waals surface area contributed by atoms with Crippen LogP contribution in [0.1, 0.15) is 18.2 Å². The van der Waals surface area contributed by atoms with E-state index in [0.29, 0.717) is 12.4 Å². The van der Waals surface area contributed by atoms with Gasteiger partial charge in [-0.2, -0.15) is 0 Å². The smallest absolute Gasteiger partial charge is 0.238 e. The van der Waals surface area contributed by atoms with E-state index in [0.717, 1.165) is 67.4 Å². The van der Waals surface area contributed by atoms with E-state index in [1.165, 1.54) is 0 Å². The van der Waals surface area contributed by atoms with Crippen molar-refractivity contribution in [2.24, 2.45) is 0 Å². The molecule has 0 aliphatic carbocycles. The molecule has 168 valence electrons. The third-order valence-corrected chi connectivity index (χ3v) is 5.78. The van der Waals surface area contributed by atoms with Crippen molar-refractivity contribution < 1.29 is 13.9 Å². The number of aryl methyl sites for hydroxylation is 1. The van der Waals surface area contributed by atoms with Crippen LogP contribution in [0.15, 0.2) is 59.2 Å². The zero-order valence-corrected chi connectivity index (χ0v) is 18.7. The van der Waals surface area contributed by atoms with Gasteiger partial charge in [-0.05, 0) is 42.3 Å². The molecule has 3 aromatic rings. The molecule has 1 saturated heterocycles. The summed E-state index contributed by atoms with van der Waals surface area (Å²) in [5.41, 5.74) is 3.92. The van der Waals surface area contributed by atoms with E-state index >= 15 is 0 Å². The number of anilines is 1. The number of oxazole rings is 1. The van der Waals surface area contributed by atoms with Crippen LogP contribution in [0.5, 0.6) is 5.75 Å². The standard InChI is InChI=1S/C25H30N4O3/c1-3-19-6-4-5-7-23(19)27-24(30)17-29-14-12-28(13-15-29)16-21-18-32-25(26-21)20-8-10-22(31-2)11-9-20/h4-11,18H,3,12-17H2,1-2H3,(H,27,30). The Morgan fingerprint density at radius 2 is 1.78 bits per heavy atom. The number of benzene rings is 2. The number of aromatic nitrogens is 1. The van der Waals surface area contributed by atoms with Crippen molar-refractivity contribution >= 4 is 11.6 Å². The second-order valence-electron chi connectivity index (χ2n) is 7.98. The number of rotatable bonds is 8. The van der Waals surface area contributed by atoms with Gasteiger partial charge in [0.15, 0.2) is 0 Å². The number of hydrogen-bond donors (Lipinski definition) is 1. The van der Waals surface area contributed by atoms with Crippen LogP contribution in [0.25, 0.3) is 11.5 Å². The molecule has 2 heterocycles. The van der Waals surface area contributed by atoms with E-state index in [4.69, 9.17) is 9.15 Å². The predicted octanol–water partition coefficient (Wildman–Crippen LogP) is 3.67. The largest absolute Gasteiger partial charge is 0.497 e. The summed E-state index contributed by atoms with van der Waals surface area (Å²) in [5, 5.41) is 3.06. The minimum absolute atomic E-state index is 0.0417. The van der Waals surface area contributed by atoms with Crippen molar-refractivity contribution in [1.82, 2.24) is 14.8 Å². The first-order chi connectivity index (χ1) is 15.6. The Bertz CT molecular complexity index is 1020. The highest BCUT2D eigenvalue weighted by atomic mass is 16.5. The number of nitrogens with one attached hydrogen (secondary N) is 1. The fourth-order valence-corrected chi connectivity index (χ4v) is 3.92. The van der Waals surface area contributed by atoms with Gasteiger partial charge in [0.1, 0.15) is 12.0 Å². The first-order valence-electron chi connectivity index (χ1n) is 11.1. The Morgan fingerprint density at radius 3 is 2.50 bits per heavy atom. The maximum absolute atomic E-state index is 12.5. The number of nitrogens with zero attached hydrogens (tertiary/aromatic N) is 3. The van der Waals surface area contributed by atoms with Crippen molar-refractivity contribution in [2.75, 3.05) is 45.2 Å². The van der Waals surface area contributed by atoms with Crippen molar-refractivity contribution in [3.8, 4) is 17.2 Å². The maximum Gasteiger partial charge on any atom is 0.238 e. The summed E-state index contributed by atoms with van der Waals surface area (Å²) >= 11 is 0. The van der Waals surface area contributed by atoms with E-state index in [1.807, 2.05) is 42.5 Å². The molecule has 1 aromatic heterocycles. The maximum atomic E-state index is 12.5. The SMILES string of the molecule is CCc1ccccc1NC(=O)CN1CCN(Cc2coc(-c3ccc(OC)cc3)n2)CC1. The lowest BCUT2D eigenvalue weighted by Crippen LogP contribution is -2.48. The number of para-hydroxylation sites is 1. The van der Waals surface area contributed by atoms with Crippen LogP contribution >= 0.6 is 0 Å². The highest BCUT2D eigenvalue weighted by Gasteiger charge is 2.20. The number of carbonyl (C=O) groups excluding carboxylic acids is 1. The molecule has 4 rings (SSSR count). The number of methoxy groups -OCH3 is 1. The van der Waals surface area contributed by atoms with E-state index in [9.17, 15) is 4.79 Å². The van der Waals surface area contributed by atoms with E-state index < -0.39 is 0 Å². The van der Waals surface area contributed by atoms with Crippen LogP contribution in [0.3, 0.4) is 0 Å². The molecule has 0 radical (unpaired) electrons. The van der Waals surface area contributed by atoms with Crippen LogP contribution in [0.4, 0.5) is 5.69 Å². The van der Waals surface area contributed by atoms with Gasteiger partial charge in [0.25, 0.3) is 0 Å². The molecule has 1 fully saturated rings. The summed E-state index contributed by atoms with van der Waals surface area (Å²) in [4.78, 5) is 21.7. The lowest BCUT2D eigenvalue weighted by Gasteiger charge is -2.33. The van der Waals surface area contributed by atoms with Gasteiger partial charge in [0.05, 0.1) is 19.3 Å². The fraction of sp³-hybridized carbons (Fsp3) is 0.360. The quantitative estimate of drug-likeness (QED) is 0.583. The monoisotopic (exact) mass is 434 g/mol. The molecule has 1 N–H and O–H groups in total.